The highest BCUT2D eigenvalue weighted by Gasteiger charge is 2.10. The number of hydrogen-bond donors (Lipinski definition) is 1. The van der Waals surface area contributed by atoms with Gasteiger partial charge in [0.2, 0.25) is 0 Å². The molecule has 0 spiro atoms. The maximum Gasteiger partial charge on any atom is 0.160 e. The zero-order chi connectivity index (χ0) is 19.5. The van der Waals surface area contributed by atoms with Gasteiger partial charge >= 0.3 is 0 Å². The number of ether oxygens (including phenoxy) is 1. The summed E-state index contributed by atoms with van der Waals surface area (Å²) in [7, 11) is 0. The molecule has 0 saturated carbocycles. The molecular weight excluding hydrogens is 393 g/mol. The van der Waals surface area contributed by atoms with Gasteiger partial charge in [-0.25, -0.2) is 4.98 Å². The minimum absolute atomic E-state index is 0.0706. The van der Waals surface area contributed by atoms with Crippen LogP contribution in [0, 0.1) is 0 Å². The quantitative estimate of drug-likeness (QED) is 0.388. The third-order valence-electron chi connectivity index (χ3n) is 4.18. The summed E-state index contributed by atoms with van der Waals surface area (Å²) in [6.45, 7) is 0. The van der Waals surface area contributed by atoms with Crippen molar-refractivity contribution in [1.82, 2.24) is 4.98 Å². The summed E-state index contributed by atoms with van der Waals surface area (Å²) >= 11 is 12.2. The highest BCUT2D eigenvalue weighted by Crippen LogP contribution is 2.36. The van der Waals surface area contributed by atoms with Gasteiger partial charge in [-0.05, 0) is 54.1 Å². The van der Waals surface area contributed by atoms with Gasteiger partial charge in [0.1, 0.15) is 17.0 Å². The molecule has 0 radical (unpaired) electrons. The molecule has 4 rings (SSSR count). The van der Waals surface area contributed by atoms with E-state index in [2.05, 4.69) is 4.98 Å². The van der Waals surface area contributed by atoms with Crippen molar-refractivity contribution in [2.24, 2.45) is 0 Å². The number of halogens is 2. The molecule has 0 aliphatic carbocycles. The second kappa shape index (κ2) is 7.93. The van der Waals surface area contributed by atoms with Gasteiger partial charge in [0.05, 0.1) is 15.7 Å². The van der Waals surface area contributed by atoms with Gasteiger partial charge in [-0.3, -0.25) is 0 Å². The van der Waals surface area contributed by atoms with Crippen LogP contribution < -0.4 is 4.74 Å². The Balaban J connectivity index is 1.55. The highest BCUT2D eigenvalue weighted by atomic mass is 35.5. The Hall–Kier alpha value is -3.01. The van der Waals surface area contributed by atoms with E-state index in [9.17, 15) is 5.11 Å². The van der Waals surface area contributed by atoms with E-state index in [1.54, 1.807) is 0 Å². The number of pyridine rings is 1. The van der Waals surface area contributed by atoms with Crippen LogP contribution in [0.4, 0.5) is 0 Å². The minimum atomic E-state index is -0.0706. The zero-order valence-corrected chi connectivity index (χ0v) is 16.2. The second-order valence-electron chi connectivity index (χ2n) is 6.14. The van der Waals surface area contributed by atoms with E-state index in [-0.39, 0.29) is 10.8 Å². The summed E-state index contributed by atoms with van der Waals surface area (Å²) < 4.78 is 5.79. The van der Waals surface area contributed by atoms with Crippen LogP contribution in [0.2, 0.25) is 10.0 Å². The standard InChI is InChI=1S/C23H15Cl2NO2/c24-20-14-21(25)23(27)22-19(20)13-10-16(26-22)9-6-15-7-11-18(12-8-15)28-17-4-2-1-3-5-17/h1-14,27H/b9-6+. The molecule has 3 aromatic carbocycles. The molecule has 28 heavy (non-hydrogen) atoms. The summed E-state index contributed by atoms with van der Waals surface area (Å²) in [5.41, 5.74) is 2.06. The zero-order valence-electron chi connectivity index (χ0n) is 14.6. The van der Waals surface area contributed by atoms with E-state index >= 15 is 0 Å². The summed E-state index contributed by atoms with van der Waals surface area (Å²) in [4.78, 5) is 4.45. The summed E-state index contributed by atoms with van der Waals surface area (Å²) in [6, 6.07) is 22.5. The lowest BCUT2D eigenvalue weighted by Crippen LogP contribution is -1.86. The van der Waals surface area contributed by atoms with Crippen LogP contribution in [0.3, 0.4) is 0 Å². The lowest BCUT2D eigenvalue weighted by Gasteiger charge is -2.06. The van der Waals surface area contributed by atoms with E-state index in [1.165, 1.54) is 6.07 Å². The smallest absolute Gasteiger partial charge is 0.160 e. The van der Waals surface area contributed by atoms with Crippen molar-refractivity contribution in [2.45, 2.75) is 0 Å². The SMILES string of the molecule is Oc1c(Cl)cc(Cl)c2ccc(/C=C/c3ccc(Oc4ccccc4)cc3)nc12. The first kappa shape index (κ1) is 18.4. The average Bonchev–Trinajstić information content (AvgIpc) is 2.72. The van der Waals surface area contributed by atoms with Crippen molar-refractivity contribution in [2.75, 3.05) is 0 Å². The van der Waals surface area contributed by atoms with Crippen LogP contribution in [0.25, 0.3) is 23.1 Å². The highest BCUT2D eigenvalue weighted by molar-refractivity contribution is 6.39. The van der Waals surface area contributed by atoms with E-state index in [4.69, 9.17) is 27.9 Å². The maximum absolute atomic E-state index is 10.2. The van der Waals surface area contributed by atoms with Crippen LogP contribution in [0.5, 0.6) is 17.2 Å². The number of rotatable bonds is 4. The number of hydrogen-bond acceptors (Lipinski definition) is 3. The van der Waals surface area contributed by atoms with Crippen molar-refractivity contribution in [1.29, 1.82) is 0 Å². The fourth-order valence-electron chi connectivity index (χ4n) is 2.76. The lowest BCUT2D eigenvalue weighted by atomic mass is 10.1. The molecule has 0 bridgehead atoms. The fraction of sp³-hybridized carbons (Fsp3) is 0. The average molecular weight is 408 g/mol. The first-order chi connectivity index (χ1) is 13.6. The monoisotopic (exact) mass is 407 g/mol. The van der Waals surface area contributed by atoms with Crippen LogP contribution in [0.1, 0.15) is 11.3 Å². The molecule has 138 valence electrons. The molecule has 0 fully saturated rings. The van der Waals surface area contributed by atoms with Gasteiger partial charge in [-0.15, -0.1) is 0 Å². The number of aromatic hydroxyl groups is 1. The van der Waals surface area contributed by atoms with Gasteiger partial charge < -0.3 is 9.84 Å². The number of benzene rings is 3. The molecule has 5 heteroatoms. The van der Waals surface area contributed by atoms with Gasteiger partial charge in [-0.1, -0.05) is 59.6 Å². The summed E-state index contributed by atoms with van der Waals surface area (Å²) in [5.74, 6) is 1.49. The Kier molecular flexibility index (Phi) is 5.20. The van der Waals surface area contributed by atoms with Crippen LogP contribution in [-0.2, 0) is 0 Å². The second-order valence-corrected chi connectivity index (χ2v) is 6.95. The molecule has 0 amide bonds. The Morgan fingerprint density at radius 2 is 1.50 bits per heavy atom. The molecule has 3 nitrogen and oxygen atoms in total. The molecule has 0 unspecified atom stereocenters. The van der Waals surface area contributed by atoms with Crippen molar-refractivity contribution < 1.29 is 9.84 Å². The number of aromatic nitrogens is 1. The summed E-state index contributed by atoms with van der Waals surface area (Å²) in [6.07, 6.45) is 3.80. The first-order valence-corrected chi connectivity index (χ1v) is 9.34. The Morgan fingerprint density at radius 1 is 0.786 bits per heavy atom. The van der Waals surface area contributed by atoms with E-state index in [0.29, 0.717) is 21.6 Å². The maximum atomic E-state index is 10.2. The van der Waals surface area contributed by atoms with Crippen LogP contribution in [0.15, 0.2) is 72.8 Å². The molecule has 1 N–H and O–H groups in total. The normalized spacial score (nSPS) is 11.2. The van der Waals surface area contributed by atoms with E-state index in [0.717, 1.165) is 17.1 Å². The Bertz CT molecular complexity index is 1160. The fourth-order valence-corrected chi connectivity index (χ4v) is 3.28. The Labute approximate surface area is 172 Å². The van der Waals surface area contributed by atoms with Crippen molar-refractivity contribution in [3.63, 3.8) is 0 Å². The van der Waals surface area contributed by atoms with E-state index in [1.807, 2.05) is 78.9 Å². The van der Waals surface area contributed by atoms with Gasteiger partial charge in [0.25, 0.3) is 0 Å². The van der Waals surface area contributed by atoms with E-state index < -0.39 is 0 Å². The van der Waals surface area contributed by atoms with Gasteiger partial charge in [0, 0.05) is 5.39 Å². The third-order valence-corrected chi connectivity index (χ3v) is 4.78. The first-order valence-electron chi connectivity index (χ1n) is 8.59. The van der Waals surface area contributed by atoms with Gasteiger partial charge in [0.15, 0.2) is 5.75 Å². The number of phenols is 1. The van der Waals surface area contributed by atoms with Crippen molar-refractivity contribution in [3.8, 4) is 17.2 Å². The van der Waals surface area contributed by atoms with Crippen LogP contribution >= 0.6 is 23.2 Å². The Morgan fingerprint density at radius 3 is 2.25 bits per heavy atom. The minimum Gasteiger partial charge on any atom is -0.504 e. The number of fused-ring (bicyclic) bond motifs is 1. The predicted molar refractivity (Wildman–Crippen MR) is 115 cm³/mol. The summed E-state index contributed by atoms with van der Waals surface area (Å²) in [5, 5.41) is 11.4. The molecule has 1 aromatic heterocycles. The molecule has 0 saturated heterocycles. The number of phenolic OH excluding ortho intramolecular Hbond substituents is 1. The topological polar surface area (TPSA) is 42.4 Å². The molecule has 4 aromatic rings. The molecular formula is C23H15Cl2NO2. The molecule has 0 aliphatic heterocycles. The van der Waals surface area contributed by atoms with Gasteiger partial charge in [-0.2, -0.15) is 0 Å². The largest absolute Gasteiger partial charge is 0.504 e. The molecule has 0 atom stereocenters. The molecule has 1 heterocycles. The number of para-hydroxylation sites is 1. The predicted octanol–water partition coefficient (Wildman–Crippen LogP) is 7.21. The van der Waals surface area contributed by atoms with Crippen LogP contribution in [-0.4, -0.2) is 10.1 Å². The van der Waals surface area contributed by atoms with Crippen molar-refractivity contribution >= 4 is 46.3 Å². The molecule has 0 aliphatic rings. The third kappa shape index (κ3) is 3.96. The van der Waals surface area contributed by atoms with Crippen molar-refractivity contribution in [3.05, 3.63) is 94.1 Å². The number of nitrogens with zero attached hydrogens (tertiary/aromatic N) is 1. The lowest BCUT2D eigenvalue weighted by molar-refractivity contribution is 0.480.